The molecule has 2 aliphatic rings. The molecule has 1 N–H and O–H groups in total. The predicted octanol–water partition coefficient (Wildman–Crippen LogP) is 2.23. The number of carbonyl (C=O) groups is 2. The van der Waals surface area contributed by atoms with Crippen molar-refractivity contribution in [3.8, 4) is 0 Å². The van der Waals surface area contributed by atoms with Crippen molar-refractivity contribution >= 4 is 11.9 Å². The minimum absolute atomic E-state index is 0.0290. The molecule has 2 aliphatic heterocycles. The second kappa shape index (κ2) is 7.49. The molecule has 23 heavy (non-hydrogen) atoms. The second-order valence-electron chi connectivity index (χ2n) is 6.44. The average Bonchev–Trinajstić information content (AvgIpc) is 3.15. The number of rotatable bonds is 3. The van der Waals surface area contributed by atoms with Crippen molar-refractivity contribution in [2.45, 2.75) is 32.2 Å². The molecule has 0 aromatic heterocycles. The molecule has 3 rings (SSSR count). The van der Waals surface area contributed by atoms with E-state index in [4.69, 9.17) is 0 Å². The van der Waals surface area contributed by atoms with E-state index >= 15 is 0 Å². The third kappa shape index (κ3) is 4.03. The van der Waals surface area contributed by atoms with Gasteiger partial charge in [-0.2, -0.15) is 0 Å². The number of carbonyl (C=O) groups excluding carboxylic acids is 2. The van der Waals surface area contributed by atoms with Crippen LogP contribution in [0.1, 0.15) is 31.2 Å². The van der Waals surface area contributed by atoms with E-state index in [-0.39, 0.29) is 17.9 Å². The summed E-state index contributed by atoms with van der Waals surface area (Å²) in [6.07, 6.45) is 3.76. The molecule has 0 spiro atoms. The molecule has 0 bridgehead atoms. The van der Waals surface area contributed by atoms with E-state index in [0.717, 1.165) is 44.3 Å². The van der Waals surface area contributed by atoms with Gasteiger partial charge in [0.25, 0.3) is 0 Å². The van der Waals surface area contributed by atoms with Gasteiger partial charge in [0.2, 0.25) is 5.91 Å². The van der Waals surface area contributed by atoms with Gasteiger partial charge in [0.05, 0.1) is 0 Å². The lowest BCUT2D eigenvalue weighted by molar-refractivity contribution is -0.126. The summed E-state index contributed by atoms with van der Waals surface area (Å²) in [6.45, 7) is 3.73. The highest BCUT2D eigenvalue weighted by Gasteiger charge is 2.30. The summed E-state index contributed by atoms with van der Waals surface area (Å²) in [5.41, 5.74) is 1.11. The van der Waals surface area contributed by atoms with E-state index in [1.807, 2.05) is 40.1 Å². The Hall–Kier alpha value is -2.04. The Bertz CT molecular complexity index is 532. The van der Waals surface area contributed by atoms with Crippen LogP contribution in [0, 0.1) is 5.92 Å². The van der Waals surface area contributed by atoms with E-state index in [9.17, 15) is 9.59 Å². The highest BCUT2D eigenvalue weighted by molar-refractivity contribution is 5.79. The van der Waals surface area contributed by atoms with Gasteiger partial charge >= 0.3 is 6.03 Å². The maximum absolute atomic E-state index is 12.3. The minimum atomic E-state index is 0.0290. The van der Waals surface area contributed by atoms with E-state index in [1.54, 1.807) is 0 Å². The fraction of sp³-hybridized carbons (Fsp3) is 0.556. The van der Waals surface area contributed by atoms with Gasteiger partial charge in [-0.3, -0.25) is 4.79 Å². The van der Waals surface area contributed by atoms with Crippen LogP contribution < -0.4 is 5.32 Å². The molecule has 0 radical (unpaired) electrons. The third-order valence-electron chi connectivity index (χ3n) is 4.82. The molecule has 0 saturated carbocycles. The van der Waals surface area contributed by atoms with Gasteiger partial charge in [-0.15, -0.1) is 0 Å². The zero-order valence-corrected chi connectivity index (χ0v) is 13.5. The monoisotopic (exact) mass is 315 g/mol. The van der Waals surface area contributed by atoms with Gasteiger partial charge in [0, 0.05) is 38.6 Å². The molecule has 0 atom stereocenters. The highest BCUT2D eigenvalue weighted by Crippen LogP contribution is 2.20. The smallest absolute Gasteiger partial charge is 0.319 e. The SMILES string of the molecule is O=C(NCc1ccccc1)C1CCN(C(=O)N2CCCC2)CC1. The Labute approximate surface area is 137 Å². The predicted molar refractivity (Wildman–Crippen MR) is 88.8 cm³/mol. The van der Waals surface area contributed by atoms with Gasteiger partial charge in [-0.25, -0.2) is 4.79 Å². The first-order valence-electron chi connectivity index (χ1n) is 8.59. The molecule has 3 amide bonds. The van der Waals surface area contributed by atoms with Crippen molar-refractivity contribution in [1.82, 2.24) is 15.1 Å². The lowest BCUT2D eigenvalue weighted by Gasteiger charge is -2.34. The van der Waals surface area contributed by atoms with Crippen LogP contribution in [0.5, 0.6) is 0 Å². The zero-order valence-electron chi connectivity index (χ0n) is 13.5. The zero-order chi connectivity index (χ0) is 16.1. The van der Waals surface area contributed by atoms with Crippen molar-refractivity contribution in [2.75, 3.05) is 26.2 Å². The average molecular weight is 315 g/mol. The van der Waals surface area contributed by atoms with Crippen molar-refractivity contribution < 1.29 is 9.59 Å². The quantitative estimate of drug-likeness (QED) is 0.930. The van der Waals surface area contributed by atoms with E-state index in [0.29, 0.717) is 19.6 Å². The van der Waals surface area contributed by atoms with Crippen LogP contribution in [0.25, 0.3) is 0 Å². The van der Waals surface area contributed by atoms with Crippen molar-refractivity contribution in [3.63, 3.8) is 0 Å². The van der Waals surface area contributed by atoms with E-state index in [1.165, 1.54) is 0 Å². The number of hydrogen-bond donors (Lipinski definition) is 1. The van der Waals surface area contributed by atoms with Gasteiger partial charge in [-0.05, 0) is 31.2 Å². The molecular weight excluding hydrogens is 290 g/mol. The maximum atomic E-state index is 12.3. The molecular formula is C18H25N3O2. The Morgan fingerprint density at radius 3 is 2.22 bits per heavy atom. The summed E-state index contributed by atoms with van der Waals surface area (Å²) >= 11 is 0. The topological polar surface area (TPSA) is 52.7 Å². The number of amides is 3. The van der Waals surface area contributed by atoms with Crippen LogP contribution in [0.15, 0.2) is 30.3 Å². The Balaban J connectivity index is 1.43. The lowest BCUT2D eigenvalue weighted by atomic mass is 9.96. The molecule has 5 nitrogen and oxygen atoms in total. The molecule has 1 aromatic rings. The minimum Gasteiger partial charge on any atom is -0.352 e. The largest absolute Gasteiger partial charge is 0.352 e. The summed E-state index contributed by atoms with van der Waals surface area (Å²) in [5.74, 6) is 0.142. The van der Waals surface area contributed by atoms with E-state index < -0.39 is 0 Å². The summed E-state index contributed by atoms with van der Waals surface area (Å²) in [6, 6.07) is 10.1. The van der Waals surface area contributed by atoms with E-state index in [2.05, 4.69) is 5.32 Å². The van der Waals surface area contributed by atoms with Crippen molar-refractivity contribution in [2.24, 2.45) is 5.92 Å². The summed E-state index contributed by atoms with van der Waals surface area (Å²) < 4.78 is 0. The van der Waals surface area contributed by atoms with Crippen LogP contribution in [-0.2, 0) is 11.3 Å². The maximum Gasteiger partial charge on any atom is 0.319 e. The molecule has 2 saturated heterocycles. The molecule has 0 unspecified atom stereocenters. The summed E-state index contributed by atoms with van der Waals surface area (Å²) in [5, 5.41) is 3.02. The molecule has 5 heteroatoms. The fourth-order valence-corrected chi connectivity index (χ4v) is 3.37. The first-order valence-corrected chi connectivity index (χ1v) is 8.59. The van der Waals surface area contributed by atoms with Gasteiger partial charge in [-0.1, -0.05) is 30.3 Å². The van der Waals surface area contributed by atoms with Gasteiger partial charge < -0.3 is 15.1 Å². The number of nitrogens with zero attached hydrogens (tertiary/aromatic N) is 2. The number of benzene rings is 1. The number of hydrogen-bond acceptors (Lipinski definition) is 2. The van der Waals surface area contributed by atoms with Crippen LogP contribution in [-0.4, -0.2) is 47.9 Å². The third-order valence-corrected chi connectivity index (χ3v) is 4.82. The van der Waals surface area contributed by atoms with Crippen molar-refractivity contribution in [3.05, 3.63) is 35.9 Å². The van der Waals surface area contributed by atoms with Crippen LogP contribution in [0.3, 0.4) is 0 Å². The molecule has 1 aromatic carbocycles. The summed E-state index contributed by atoms with van der Waals surface area (Å²) in [7, 11) is 0. The molecule has 0 aliphatic carbocycles. The molecule has 124 valence electrons. The van der Waals surface area contributed by atoms with Gasteiger partial charge in [0.1, 0.15) is 0 Å². The second-order valence-corrected chi connectivity index (χ2v) is 6.44. The molecule has 2 heterocycles. The van der Waals surface area contributed by atoms with Crippen LogP contribution in [0.2, 0.25) is 0 Å². The Morgan fingerprint density at radius 1 is 0.957 bits per heavy atom. The standard InChI is InChI=1S/C18H25N3O2/c22-17(19-14-15-6-2-1-3-7-15)16-8-12-21(13-9-16)18(23)20-10-4-5-11-20/h1-3,6-7,16H,4-5,8-14H2,(H,19,22). The first kappa shape index (κ1) is 15.8. The fourth-order valence-electron chi connectivity index (χ4n) is 3.37. The van der Waals surface area contributed by atoms with Crippen molar-refractivity contribution in [1.29, 1.82) is 0 Å². The summed E-state index contributed by atoms with van der Waals surface area (Å²) in [4.78, 5) is 28.5. The van der Waals surface area contributed by atoms with Crippen LogP contribution >= 0.6 is 0 Å². The normalized spacial score (nSPS) is 19.0. The van der Waals surface area contributed by atoms with Gasteiger partial charge in [0.15, 0.2) is 0 Å². The lowest BCUT2D eigenvalue weighted by Crippen LogP contribution is -2.47. The number of nitrogens with one attached hydrogen (secondary N) is 1. The first-order chi connectivity index (χ1) is 11.2. The Kier molecular flexibility index (Phi) is 5.16. The molecule has 2 fully saturated rings. The number of piperidine rings is 1. The number of urea groups is 1. The Morgan fingerprint density at radius 2 is 1.57 bits per heavy atom. The number of likely N-dealkylation sites (tertiary alicyclic amines) is 2. The van der Waals surface area contributed by atoms with Crippen LogP contribution in [0.4, 0.5) is 4.79 Å². The highest BCUT2D eigenvalue weighted by atomic mass is 16.2.